The molecule has 1 aromatic rings. The largest absolute Gasteiger partial charge is 0.344 e. The highest BCUT2D eigenvalue weighted by Crippen LogP contribution is 2.14. The predicted molar refractivity (Wildman–Crippen MR) is 80.6 cm³/mol. The fourth-order valence-corrected chi connectivity index (χ4v) is 2.29. The number of hydrogen-bond donors (Lipinski definition) is 2. The van der Waals surface area contributed by atoms with Crippen molar-refractivity contribution in [2.75, 3.05) is 20.1 Å². The molecular formula is C16H19N3O2. The van der Waals surface area contributed by atoms with Crippen molar-refractivity contribution in [2.45, 2.75) is 19.4 Å². The van der Waals surface area contributed by atoms with E-state index < -0.39 is 6.04 Å². The van der Waals surface area contributed by atoms with Gasteiger partial charge in [-0.2, -0.15) is 0 Å². The van der Waals surface area contributed by atoms with Gasteiger partial charge in [0.05, 0.1) is 12.1 Å². The monoisotopic (exact) mass is 285 g/mol. The molecule has 5 heteroatoms. The zero-order valence-corrected chi connectivity index (χ0v) is 12.3. The summed E-state index contributed by atoms with van der Waals surface area (Å²) in [5.41, 5.74) is 7.45. The van der Waals surface area contributed by atoms with Gasteiger partial charge in [0.1, 0.15) is 6.04 Å². The Balaban J connectivity index is 2.22. The molecule has 1 aliphatic heterocycles. The number of nitrogens with one attached hydrogen (secondary N) is 1. The topological polar surface area (TPSA) is 75.4 Å². The van der Waals surface area contributed by atoms with Crippen molar-refractivity contribution in [1.29, 1.82) is 0 Å². The van der Waals surface area contributed by atoms with Crippen LogP contribution in [0.3, 0.4) is 0 Å². The van der Waals surface area contributed by atoms with Crippen LogP contribution in [0.5, 0.6) is 0 Å². The molecule has 2 rings (SSSR count). The molecule has 1 atom stereocenters. The molecule has 0 saturated carbocycles. The Morgan fingerprint density at radius 3 is 2.90 bits per heavy atom. The molecule has 0 radical (unpaired) electrons. The first-order chi connectivity index (χ1) is 10.0. The maximum absolute atomic E-state index is 12.4. The molecule has 110 valence electrons. The van der Waals surface area contributed by atoms with E-state index in [0.29, 0.717) is 24.1 Å². The van der Waals surface area contributed by atoms with Crippen molar-refractivity contribution in [3.05, 3.63) is 34.9 Å². The Bertz CT molecular complexity index is 628. The summed E-state index contributed by atoms with van der Waals surface area (Å²) in [5, 5.41) is 2.79. The third-order valence-electron chi connectivity index (χ3n) is 3.48. The van der Waals surface area contributed by atoms with Gasteiger partial charge in [0.15, 0.2) is 0 Å². The number of benzene rings is 1. The summed E-state index contributed by atoms with van der Waals surface area (Å²) >= 11 is 0. The van der Waals surface area contributed by atoms with Crippen LogP contribution >= 0.6 is 0 Å². The first kappa shape index (κ1) is 15.1. The molecule has 3 N–H and O–H groups in total. The maximum atomic E-state index is 12.4. The van der Waals surface area contributed by atoms with Crippen LogP contribution in [0.1, 0.15) is 27.9 Å². The highest BCUT2D eigenvalue weighted by Gasteiger charge is 2.30. The van der Waals surface area contributed by atoms with Gasteiger partial charge in [-0.3, -0.25) is 9.59 Å². The van der Waals surface area contributed by atoms with Gasteiger partial charge in [-0.05, 0) is 25.5 Å². The van der Waals surface area contributed by atoms with Crippen LogP contribution in [0.15, 0.2) is 18.2 Å². The number of likely N-dealkylation sites (tertiary alicyclic amines) is 1. The van der Waals surface area contributed by atoms with Gasteiger partial charge in [-0.25, -0.2) is 0 Å². The average molecular weight is 285 g/mol. The van der Waals surface area contributed by atoms with E-state index in [1.807, 2.05) is 13.0 Å². The van der Waals surface area contributed by atoms with Crippen LogP contribution in [0.2, 0.25) is 0 Å². The first-order valence-electron chi connectivity index (χ1n) is 6.88. The van der Waals surface area contributed by atoms with Crippen LogP contribution in [0.4, 0.5) is 0 Å². The molecule has 1 fully saturated rings. The average Bonchev–Trinajstić information content (AvgIpc) is 2.78. The molecule has 5 nitrogen and oxygen atoms in total. The van der Waals surface area contributed by atoms with Crippen molar-refractivity contribution in [2.24, 2.45) is 5.73 Å². The van der Waals surface area contributed by atoms with Gasteiger partial charge in [0, 0.05) is 19.2 Å². The highest BCUT2D eigenvalue weighted by atomic mass is 16.2. The number of hydrogen-bond acceptors (Lipinski definition) is 3. The van der Waals surface area contributed by atoms with Crippen molar-refractivity contribution in [1.82, 2.24) is 10.2 Å². The summed E-state index contributed by atoms with van der Waals surface area (Å²) in [6, 6.07) is 5.03. The highest BCUT2D eigenvalue weighted by molar-refractivity contribution is 6.00. The third-order valence-corrected chi connectivity index (χ3v) is 3.48. The minimum atomic E-state index is -0.446. The summed E-state index contributed by atoms with van der Waals surface area (Å²) in [7, 11) is 1.74. The number of likely N-dealkylation sites (N-methyl/N-ethyl adjacent to an activating group) is 1. The van der Waals surface area contributed by atoms with Crippen molar-refractivity contribution >= 4 is 11.8 Å². The van der Waals surface area contributed by atoms with Crippen molar-refractivity contribution in [3.63, 3.8) is 0 Å². The quantitative estimate of drug-likeness (QED) is 0.766. The predicted octanol–water partition coefficient (Wildman–Crippen LogP) is 0.266. The second-order valence-corrected chi connectivity index (χ2v) is 5.13. The Morgan fingerprint density at radius 2 is 2.29 bits per heavy atom. The second kappa shape index (κ2) is 6.42. The van der Waals surface area contributed by atoms with E-state index >= 15 is 0 Å². The Labute approximate surface area is 124 Å². The lowest BCUT2D eigenvalue weighted by molar-refractivity contribution is -0.128. The molecule has 1 aromatic carbocycles. The summed E-state index contributed by atoms with van der Waals surface area (Å²) in [5.74, 6) is 5.33. The molecule has 1 saturated heterocycles. The van der Waals surface area contributed by atoms with Gasteiger partial charge in [0.25, 0.3) is 5.91 Å². The number of nitrogens with two attached hydrogens (primary N) is 1. The lowest BCUT2D eigenvalue weighted by Gasteiger charge is -2.13. The molecule has 21 heavy (non-hydrogen) atoms. The summed E-state index contributed by atoms with van der Waals surface area (Å²) in [6.07, 6.45) is 0.636. The van der Waals surface area contributed by atoms with Crippen LogP contribution < -0.4 is 11.1 Å². The van der Waals surface area contributed by atoms with Crippen LogP contribution in [-0.2, 0) is 4.79 Å². The van der Waals surface area contributed by atoms with E-state index in [4.69, 9.17) is 5.73 Å². The van der Waals surface area contributed by atoms with Crippen LogP contribution in [0, 0.1) is 18.8 Å². The molecule has 0 spiro atoms. The summed E-state index contributed by atoms with van der Waals surface area (Å²) < 4.78 is 0. The molecular weight excluding hydrogens is 266 g/mol. The zero-order chi connectivity index (χ0) is 15.4. The smallest absolute Gasteiger partial charge is 0.253 e. The Hall–Kier alpha value is -2.32. The molecule has 1 heterocycles. The number of aryl methyl sites for hydroxylation is 1. The molecule has 2 amide bonds. The standard InChI is InChI=1S/C16H19N3O2/c1-11-5-6-12(4-3-8-17)13(10-11)15(20)18-14-7-9-19(2)16(14)21/h5-6,10,14H,7-9,17H2,1-2H3,(H,18,20). The van der Waals surface area contributed by atoms with E-state index in [9.17, 15) is 9.59 Å². The molecule has 1 aliphatic rings. The summed E-state index contributed by atoms with van der Waals surface area (Å²) in [4.78, 5) is 25.9. The minimum absolute atomic E-state index is 0.0504. The molecule has 1 unspecified atom stereocenters. The Morgan fingerprint density at radius 1 is 1.52 bits per heavy atom. The van der Waals surface area contributed by atoms with Crippen molar-refractivity contribution in [3.8, 4) is 11.8 Å². The lowest BCUT2D eigenvalue weighted by Crippen LogP contribution is -2.40. The van der Waals surface area contributed by atoms with Gasteiger partial charge in [0.2, 0.25) is 5.91 Å². The van der Waals surface area contributed by atoms with E-state index in [2.05, 4.69) is 17.2 Å². The zero-order valence-electron chi connectivity index (χ0n) is 12.3. The molecule has 0 bridgehead atoms. The fourth-order valence-electron chi connectivity index (χ4n) is 2.29. The first-order valence-corrected chi connectivity index (χ1v) is 6.88. The minimum Gasteiger partial charge on any atom is -0.344 e. The molecule has 0 aliphatic carbocycles. The van der Waals surface area contributed by atoms with E-state index in [1.165, 1.54) is 0 Å². The molecule has 0 aromatic heterocycles. The normalized spacial score (nSPS) is 17.4. The Kier molecular flexibility index (Phi) is 4.61. The van der Waals surface area contributed by atoms with Crippen LogP contribution in [-0.4, -0.2) is 42.9 Å². The van der Waals surface area contributed by atoms with E-state index in [-0.39, 0.29) is 18.4 Å². The van der Waals surface area contributed by atoms with Gasteiger partial charge in [-0.15, -0.1) is 0 Å². The van der Waals surface area contributed by atoms with Gasteiger partial charge < -0.3 is 16.0 Å². The number of rotatable bonds is 2. The summed E-state index contributed by atoms with van der Waals surface area (Å²) in [6.45, 7) is 2.81. The van der Waals surface area contributed by atoms with Gasteiger partial charge in [-0.1, -0.05) is 23.5 Å². The van der Waals surface area contributed by atoms with E-state index in [0.717, 1.165) is 5.56 Å². The fraction of sp³-hybridized carbons (Fsp3) is 0.375. The lowest BCUT2D eigenvalue weighted by atomic mass is 10.0. The maximum Gasteiger partial charge on any atom is 0.253 e. The van der Waals surface area contributed by atoms with E-state index in [1.54, 1.807) is 24.1 Å². The second-order valence-electron chi connectivity index (χ2n) is 5.13. The van der Waals surface area contributed by atoms with Gasteiger partial charge >= 0.3 is 0 Å². The number of carbonyl (C=O) groups is 2. The third kappa shape index (κ3) is 3.41. The number of carbonyl (C=O) groups excluding carboxylic acids is 2. The van der Waals surface area contributed by atoms with Crippen molar-refractivity contribution < 1.29 is 9.59 Å². The van der Waals surface area contributed by atoms with Crippen LogP contribution in [0.25, 0.3) is 0 Å². The SMILES string of the molecule is Cc1ccc(C#CCN)c(C(=O)NC2CCN(C)C2=O)c1. The number of nitrogens with zero attached hydrogens (tertiary/aromatic N) is 1. The number of amides is 2.